The van der Waals surface area contributed by atoms with Gasteiger partial charge in [0.2, 0.25) is 0 Å². The number of pyridine rings is 2. The highest BCUT2D eigenvalue weighted by Gasteiger charge is 2.10. The van der Waals surface area contributed by atoms with E-state index in [1.54, 1.807) is 18.5 Å². The first kappa shape index (κ1) is 16.6. The molecule has 5 heteroatoms. The van der Waals surface area contributed by atoms with Crippen molar-refractivity contribution in [2.75, 3.05) is 5.32 Å². The molecule has 1 amide bonds. The van der Waals surface area contributed by atoms with E-state index in [0.29, 0.717) is 12.2 Å². The van der Waals surface area contributed by atoms with E-state index >= 15 is 0 Å². The second-order valence-corrected chi connectivity index (χ2v) is 5.71. The van der Waals surface area contributed by atoms with Crippen molar-refractivity contribution >= 4 is 11.6 Å². The molecule has 2 N–H and O–H groups in total. The smallest absolute Gasteiger partial charge is 0.270 e. The zero-order valence-corrected chi connectivity index (χ0v) is 14.0. The van der Waals surface area contributed by atoms with E-state index in [0.717, 1.165) is 11.4 Å². The molecular formula is C20H20N4O. The Bertz CT molecular complexity index is 821. The van der Waals surface area contributed by atoms with E-state index in [1.807, 2.05) is 42.5 Å². The average molecular weight is 332 g/mol. The summed E-state index contributed by atoms with van der Waals surface area (Å²) in [6.07, 6.45) is 3.34. The van der Waals surface area contributed by atoms with E-state index in [1.165, 1.54) is 5.56 Å². The molecule has 3 rings (SSSR count). The first-order chi connectivity index (χ1) is 12.2. The van der Waals surface area contributed by atoms with Crippen LogP contribution in [-0.2, 0) is 6.54 Å². The average Bonchev–Trinajstić information content (AvgIpc) is 2.68. The summed E-state index contributed by atoms with van der Waals surface area (Å²) < 4.78 is 0. The van der Waals surface area contributed by atoms with Gasteiger partial charge in [0, 0.05) is 24.1 Å². The minimum Gasteiger partial charge on any atom is -0.378 e. The molecule has 0 fully saturated rings. The highest BCUT2D eigenvalue weighted by atomic mass is 16.1. The zero-order valence-electron chi connectivity index (χ0n) is 14.0. The van der Waals surface area contributed by atoms with Crippen LogP contribution in [0.2, 0.25) is 0 Å². The van der Waals surface area contributed by atoms with Crippen LogP contribution in [0.4, 0.5) is 5.69 Å². The van der Waals surface area contributed by atoms with Gasteiger partial charge in [0.25, 0.3) is 5.91 Å². The van der Waals surface area contributed by atoms with Crippen molar-refractivity contribution in [1.82, 2.24) is 15.3 Å². The van der Waals surface area contributed by atoms with Crippen LogP contribution >= 0.6 is 0 Å². The zero-order chi connectivity index (χ0) is 17.5. The number of benzene rings is 1. The summed E-state index contributed by atoms with van der Waals surface area (Å²) in [6, 6.07) is 19.5. The van der Waals surface area contributed by atoms with Gasteiger partial charge in [-0.05, 0) is 36.8 Å². The molecule has 0 aliphatic carbocycles. The highest BCUT2D eigenvalue weighted by molar-refractivity contribution is 5.93. The second-order valence-electron chi connectivity index (χ2n) is 5.71. The van der Waals surface area contributed by atoms with Gasteiger partial charge in [-0.15, -0.1) is 0 Å². The largest absolute Gasteiger partial charge is 0.378 e. The van der Waals surface area contributed by atoms with Gasteiger partial charge >= 0.3 is 0 Å². The minimum atomic E-state index is -0.221. The quantitative estimate of drug-likeness (QED) is 0.724. The number of aromatic nitrogens is 2. The van der Waals surface area contributed by atoms with Crippen molar-refractivity contribution in [2.45, 2.75) is 19.5 Å². The normalized spacial score (nSPS) is 11.6. The summed E-state index contributed by atoms with van der Waals surface area (Å²) in [7, 11) is 0. The molecule has 25 heavy (non-hydrogen) atoms. The number of nitrogens with zero attached hydrogens (tertiary/aromatic N) is 2. The minimum absolute atomic E-state index is 0.132. The molecule has 0 aliphatic rings. The Labute approximate surface area is 147 Å². The molecule has 0 saturated heterocycles. The van der Waals surface area contributed by atoms with E-state index in [4.69, 9.17) is 0 Å². The summed E-state index contributed by atoms with van der Waals surface area (Å²) in [6.45, 7) is 2.45. The van der Waals surface area contributed by atoms with E-state index in [-0.39, 0.29) is 11.9 Å². The fraction of sp³-hybridized carbons (Fsp3) is 0.150. The summed E-state index contributed by atoms with van der Waals surface area (Å²) in [4.78, 5) is 20.6. The van der Waals surface area contributed by atoms with Crippen molar-refractivity contribution in [3.05, 3.63) is 90.0 Å². The molecule has 0 bridgehead atoms. The third-order valence-electron chi connectivity index (χ3n) is 3.83. The number of hydrogen-bond donors (Lipinski definition) is 2. The van der Waals surface area contributed by atoms with Crippen LogP contribution in [0.15, 0.2) is 73.1 Å². The molecule has 0 radical (unpaired) electrons. The van der Waals surface area contributed by atoms with Crippen LogP contribution in [0.5, 0.6) is 0 Å². The monoisotopic (exact) mass is 332 g/mol. The fourth-order valence-corrected chi connectivity index (χ4v) is 2.48. The number of anilines is 1. The lowest BCUT2D eigenvalue weighted by Crippen LogP contribution is -2.24. The number of amides is 1. The molecule has 0 saturated carbocycles. The Morgan fingerprint density at radius 1 is 1.00 bits per heavy atom. The lowest BCUT2D eigenvalue weighted by molar-refractivity contribution is 0.0945. The Balaban J connectivity index is 1.63. The first-order valence-corrected chi connectivity index (χ1v) is 8.18. The fourth-order valence-electron chi connectivity index (χ4n) is 2.48. The van der Waals surface area contributed by atoms with Gasteiger partial charge in [-0.3, -0.25) is 14.8 Å². The third kappa shape index (κ3) is 4.64. The maximum Gasteiger partial charge on any atom is 0.270 e. The van der Waals surface area contributed by atoms with Crippen LogP contribution in [0, 0.1) is 0 Å². The van der Waals surface area contributed by atoms with Crippen molar-refractivity contribution in [3.63, 3.8) is 0 Å². The molecule has 5 nitrogen and oxygen atoms in total. The van der Waals surface area contributed by atoms with Crippen LogP contribution in [0.25, 0.3) is 0 Å². The van der Waals surface area contributed by atoms with Crippen LogP contribution in [0.1, 0.15) is 34.7 Å². The summed E-state index contributed by atoms with van der Waals surface area (Å²) >= 11 is 0. The standard InChI is InChI=1S/C20H20N4O/c1-15(16-7-3-2-4-8-16)24-17-10-12-22-19(13-17)20(25)23-14-18-9-5-6-11-21-18/h2-13,15H,14H2,1H3,(H,22,24)(H,23,25). The topological polar surface area (TPSA) is 66.9 Å². The lowest BCUT2D eigenvalue weighted by atomic mass is 10.1. The van der Waals surface area contributed by atoms with E-state index in [2.05, 4.69) is 39.7 Å². The van der Waals surface area contributed by atoms with Gasteiger partial charge in [0.05, 0.1) is 12.2 Å². The van der Waals surface area contributed by atoms with Crippen molar-refractivity contribution in [1.29, 1.82) is 0 Å². The Kier molecular flexibility index (Phi) is 5.36. The Morgan fingerprint density at radius 3 is 2.56 bits per heavy atom. The maximum atomic E-state index is 12.3. The molecule has 0 spiro atoms. The van der Waals surface area contributed by atoms with Crippen molar-refractivity contribution in [3.8, 4) is 0 Å². The van der Waals surface area contributed by atoms with Gasteiger partial charge in [0.1, 0.15) is 5.69 Å². The summed E-state index contributed by atoms with van der Waals surface area (Å²) in [5.41, 5.74) is 3.22. The molecule has 1 atom stereocenters. The first-order valence-electron chi connectivity index (χ1n) is 8.18. The Hall–Kier alpha value is -3.21. The van der Waals surface area contributed by atoms with Gasteiger partial charge in [-0.25, -0.2) is 0 Å². The SMILES string of the molecule is CC(Nc1ccnc(C(=O)NCc2ccccn2)c1)c1ccccc1. The molecule has 3 aromatic rings. The molecule has 1 aromatic carbocycles. The molecule has 2 heterocycles. The predicted molar refractivity (Wildman–Crippen MR) is 98.1 cm³/mol. The maximum absolute atomic E-state index is 12.3. The van der Waals surface area contributed by atoms with E-state index < -0.39 is 0 Å². The number of rotatable bonds is 6. The predicted octanol–water partition coefficient (Wildman–Crippen LogP) is 3.58. The van der Waals surface area contributed by atoms with Crippen LogP contribution < -0.4 is 10.6 Å². The number of nitrogens with one attached hydrogen (secondary N) is 2. The Morgan fingerprint density at radius 2 is 1.80 bits per heavy atom. The van der Waals surface area contributed by atoms with Gasteiger partial charge in [0.15, 0.2) is 0 Å². The third-order valence-corrected chi connectivity index (χ3v) is 3.83. The number of carbonyl (C=O) groups excluding carboxylic acids is 1. The van der Waals surface area contributed by atoms with Gasteiger partial charge in [-0.2, -0.15) is 0 Å². The van der Waals surface area contributed by atoms with Gasteiger partial charge in [-0.1, -0.05) is 36.4 Å². The molecule has 126 valence electrons. The van der Waals surface area contributed by atoms with Gasteiger partial charge < -0.3 is 10.6 Å². The molecular weight excluding hydrogens is 312 g/mol. The van der Waals surface area contributed by atoms with Crippen molar-refractivity contribution < 1.29 is 4.79 Å². The summed E-state index contributed by atoms with van der Waals surface area (Å²) in [5.74, 6) is -0.221. The molecule has 0 aliphatic heterocycles. The van der Waals surface area contributed by atoms with E-state index in [9.17, 15) is 4.79 Å². The number of hydrogen-bond acceptors (Lipinski definition) is 4. The van der Waals surface area contributed by atoms with Crippen LogP contribution in [-0.4, -0.2) is 15.9 Å². The molecule has 2 aromatic heterocycles. The second kappa shape index (κ2) is 8.06. The molecule has 1 unspecified atom stereocenters. The highest BCUT2D eigenvalue weighted by Crippen LogP contribution is 2.19. The summed E-state index contributed by atoms with van der Waals surface area (Å²) in [5, 5.41) is 6.23. The number of carbonyl (C=O) groups is 1. The lowest BCUT2D eigenvalue weighted by Gasteiger charge is -2.16. The van der Waals surface area contributed by atoms with Crippen LogP contribution in [0.3, 0.4) is 0 Å². The van der Waals surface area contributed by atoms with Crippen molar-refractivity contribution in [2.24, 2.45) is 0 Å².